The van der Waals surface area contributed by atoms with E-state index in [9.17, 15) is 0 Å². The molecule has 0 aromatic rings. The molecule has 0 aliphatic rings. The van der Waals surface area contributed by atoms with Gasteiger partial charge in [-0.2, -0.15) is 0 Å². The van der Waals surface area contributed by atoms with Crippen molar-refractivity contribution in [3.05, 3.63) is 0 Å². The maximum atomic E-state index is 8.88. The molecule has 0 spiro atoms. The van der Waals surface area contributed by atoms with Crippen LogP contribution < -0.4 is 0 Å². The van der Waals surface area contributed by atoms with Gasteiger partial charge >= 0.3 is 26.7 Å². The van der Waals surface area contributed by atoms with E-state index in [-0.39, 0.29) is 46.2 Å². The summed E-state index contributed by atoms with van der Waals surface area (Å²) in [5.41, 5.74) is 0. The molecule has 3 N–H and O–H groups in total. The molecule has 0 heterocycles. The molecule has 7 heteroatoms. The van der Waals surface area contributed by atoms with Gasteiger partial charge in [0.05, 0.1) is 0 Å². The SMILES string of the molecule is O=P(O)(O)O.[Cd].[LiH]. The Balaban J connectivity index is -0.0000000800. The van der Waals surface area contributed by atoms with E-state index < -0.39 is 7.82 Å². The van der Waals surface area contributed by atoms with Crippen molar-refractivity contribution in [2.24, 2.45) is 0 Å². The summed E-state index contributed by atoms with van der Waals surface area (Å²) in [6.07, 6.45) is 0. The Morgan fingerprint density at radius 1 is 1.14 bits per heavy atom. The van der Waals surface area contributed by atoms with Crippen molar-refractivity contribution in [1.29, 1.82) is 0 Å². The van der Waals surface area contributed by atoms with Crippen molar-refractivity contribution in [2.45, 2.75) is 0 Å². The zero-order chi connectivity index (χ0) is 4.50. The summed E-state index contributed by atoms with van der Waals surface area (Å²) in [5, 5.41) is 0. The standard InChI is InChI=1S/Cd.Li.H3O4P.H/c;;1-5(2,3)4;/h;;(H3,1,2,3,4);. The summed E-state index contributed by atoms with van der Waals surface area (Å²) in [4.78, 5) is 21.6. The van der Waals surface area contributed by atoms with Crippen LogP contribution in [0, 0.1) is 0 Å². The van der Waals surface area contributed by atoms with E-state index in [0.717, 1.165) is 0 Å². The molecule has 0 aromatic heterocycles. The quantitative estimate of drug-likeness (QED) is 0.339. The van der Waals surface area contributed by atoms with Crippen molar-refractivity contribution in [2.75, 3.05) is 0 Å². The molecule has 4 nitrogen and oxygen atoms in total. The van der Waals surface area contributed by atoms with Crippen molar-refractivity contribution < 1.29 is 46.5 Å². The normalized spacial score (nSPS) is 8.43. The summed E-state index contributed by atoms with van der Waals surface area (Å²) in [6, 6.07) is 0. The van der Waals surface area contributed by atoms with Crippen molar-refractivity contribution >= 4 is 26.7 Å². The average Bonchev–Trinajstić information content (AvgIpc) is 0.722. The van der Waals surface area contributed by atoms with Crippen LogP contribution in [0.5, 0.6) is 0 Å². The molecular formula is H4CdLiO4P. The van der Waals surface area contributed by atoms with E-state index >= 15 is 0 Å². The minimum absolute atomic E-state index is 0. The van der Waals surface area contributed by atoms with E-state index in [4.69, 9.17) is 19.2 Å². The fraction of sp³-hybridized carbons (Fsp3) is 0. The Bertz CT molecular complexity index is 57.8. The molecule has 0 bridgehead atoms. The Labute approximate surface area is 72.9 Å². The molecule has 0 saturated heterocycles. The molecule has 0 saturated carbocycles. The molecule has 0 atom stereocenters. The van der Waals surface area contributed by atoms with Gasteiger partial charge in [-0.3, -0.25) is 0 Å². The van der Waals surface area contributed by atoms with Crippen LogP contribution in [0.1, 0.15) is 0 Å². The monoisotopic (exact) mass is 220 g/mol. The Morgan fingerprint density at radius 3 is 1.14 bits per heavy atom. The molecule has 7 heavy (non-hydrogen) atoms. The Morgan fingerprint density at radius 2 is 1.14 bits per heavy atom. The number of hydrogen-bond donors (Lipinski definition) is 3. The van der Waals surface area contributed by atoms with Gasteiger partial charge in [0.25, 0.3) is 0 Å². The van der Waals surface area contributed by atoms with Crippen molar-refractivity contribution in [3.8, 4) is 0 Å². The van der Waals surface area contributed by atoms with Crippen LogP contribution in [0.15, 0.2) is 0 Å². The third-order valence-corrected chi connectivity index (χ3v) is 0. The second-order valence-corrected chi connectivity index (χ2v) is 1.54. The third-order valence-electron chi connectivity index (χ3n) is 0. The van der Waals surface area contributed by atoms with Crippen LogP contribution in [0.3, 0.4) is 0 Å². The first-order valence-electron chi connectivity index (χ1n) is 0.783. The van der Waals surface area contributed by atoms with Crippen LogP contribution in [0.4, 0.5) is 0 Å². The summed E-state index contributed by atoms with van der Waals surface area (Å²) in [6.45, 7) is 0. The second-order valence-electron chi connectivity index (χ2n) is 0.513. The van der Waals surface area contributed by atoms with Gasteiger partial charge in [0.2, 0.25) is 0 Å². The van der Waals surface area contributed by atoms with Crippen LogP contribution in [0.2, 0.25) is 0 Å². The molecule has 0 radical (unpaired) electrons. The van der Waals surface area contributed by atoms with Crippen molar-refractivity contribution in [1.82, 2.24) is 0 Å². The average molecular weight is 218 g/mol. The topological polar surface area (TPSA) is 77.8 Å². The third kappa shape index (κ3) is 91.1. The number of phosphoric acid groups is 1. The van der Waals surface area contributed by atoms with E-state index in [1.807, 2.05) is 0 Å². The van der Waals surface area contributed by atoms with Crippen LogP contribution in [0.25, 0.3) is 0 Å². The molecule has 0 aliphatic carbocycles. The molecule has 0 unspecified atom stereocenters. The first kappa shape index (κ1) is 15.9. The van der Waals surface area contributed by atoms with Gasteiger partial charge in [0.15, 0.2) is 0 Å². The molecular weight excluding hydrogens is 214 g/mol. The molecule has 36 valence electrons. The second kappa shape index (κ2) is 5.76. The van der Waals surface area contributed by atoms with E-state index in [1.54, 1.807) is 0 Å². The molecule has 0 aromatic carbocycles. The van der Waals surface area contributed by atoms with Gasteiger partial charge in [-0.15, -0.1) is 0 Å². The van der Waals surface area contributed by atoms with Gasteiger partial charge in [-0.25, -0.2) is 4.57 Å². The Kier molecular flexibility index (Phi) is 13.0. The first-order valence-corrected chi connectivity index (χ1v) is 2.35. The molecule has 0 rings (SSSR count). The minimum atomic E-state index is -4.64. The first-order chi connectivity index (χ1) is 2.00. The van der Waals surface area contributed by atoms with Gasteiger partial charge in [0, 0.05) is 27.3 Å². The fourth-order valence-electron chi connectivity index (χ4n) is 0. The zero-order valence-electron chi connectivity index (χ0n) is 2.90. The summed E-state index contributed by atoms with van der Waals surface area (Å²) >= 11 is 0. The molecule has 0 fully saturated rings. The van der Waals surface area contributed by atoms with Crippen LogP contribution in [-0.4, -0.2) is 33.5 Å². The van der Waals surface area contributed by atoms with Gasteiger partial charge in [-0.05, 0) is 0 Å². The maximum absolute atomic E-state index is 8.88. The van der Waals surface area contributed by atoms with Crippen molar-refractivity contribution in [3.63, 3.8) is 0 Å². The van der Waals surface area contributed by atoms with E-state index in [1.165, 1.54) is 0 Å². The number of hydrogen-bond acceptors (Lipinski definition) is 1. The van der Waals surface area contributed by atoms with Crippen LogP contribution >= 0.6 is 7.82 Å². The van der Waals surface area contributed by atoms with Gasteiger partial charge in [0.1, 0.15) is 0 Å². The van der Waals surface area contributed by atoms with Gasteiger partial charge in [-0.1, -0.05) is 0 Å². The zero-order valence-corrected chi connectivity index (χ0v) is 7.83. The van der Waals surface area contributed by atoms with Gasteiger partial charge < -0.3 is 14.7 Å². The summed E-state index contributed by atoms with van der Waals surface area (Å²) in [5.74, 6) is 0. The predicted octanol–water partition coefficient (Wildman–Crippen LogP) is -1.58. The van der Waals surface area contributed by atoms with E-state index in [0.29, 0.717) is 0 Å². The Hall–Kier alpha value is 1.63. The summed E-state index contributed by atoms with van der Waals surface area (Å²) < 4.78 is 8.88. The van der Waals surface area contributed by atoms with E-state index in [2.05, 4.69) is 0 Å². The molecule has 0 aliphatic heterocycles. The molecule has 0 amide bonds. The summed E-state index contributed by atoms with van der Waals surface area (Å²) in [7, 11) is -4.64. The van der Waals surface area contributed by atoms with Crippen LogP contribution in [-0.2, 0) is 31.9 Å². The fourth-order valence-corrected chi connectivity index (χ4v) is 0. The predicted molar refractivity (Wildman–Crippen MR) is 21.4 cm³/mol. The number of rotatable bonds is 0.